The maximum atomic E-state index is 12.8. The summed E-state index contributed by atoms with van der Waals surface area (Å²) in [5, 5.41) is 14.9. The fourth-order valence-corrected chi connectivity index (χ4v) is 4.40. The molecule has 0 spiro atoms. The Kier molecular flexibility index (Phi) is 7.15. The van der Waals surface area contributed by atoms with Crippen molar-refractivity contribution in [2.24, 2.45) is 0 Å². The number of aliphatic carboxylic acids is 1. The lowest BCUT2D eigenvalue weighted by Crippen LogP contribution is -2.33. The van der Waals surface area contributed by atoms with E-state index in [0.717, 1.165) is 28.8 Å². The van der Waals surface area contributed by atoms with Gasteiger partial charge in [-0.2, -0.15) is 0 Å². The quantitative estimate of drug-likeness (QED) is 0.433. The van der Waals surface area contributed by atoms with E-state index in [1.807, 2.05) is 74.5 Å². The predicted molar refractivity (Wildman–Crippen MR) is 137 cm³/mol. The number of nitrogens with zero attached hydrogens (tertiary/aromatic N) is 1. The molecule has 0 radical (unpaired) electrons. The number of carbonyl (C=O) groups excluding carboxylic acids is 2. The third kappa shape index (κ3) is 5.87. The summed E-state index contributed by atoms with van der Waals surface area (Å²) in [6.07, 6.45) is 1.06. The Labute approximate surface area is 204 Å². The van der Waals surface area contributed by atoms with Crippen molar-refractivity contribution in [3.8, 4) is 0 Å². The number of benzene rings is 3. The number of carbonyl (C=O) groups is 3. The number of nitrogens with one attached hydrogen (secondary N) is 2. The van der Waals surface area contributed by atoms with Crippen LogP contribution in [-0.4, -0.2) is 29.6 Å². The highest BCUT2D eigenvalue weighted by Gasteiger charge is 2.24. The monoisotopic (exact) mass is 471 g/mol. The molecule has 0 fully saturated rings. The summed E-state index contributed by atoms with van der Waals surface area (Å²) in [7, 11) is 0. The van der Waals surface area contributed by atoms with Crippen molar-refractivity contribution < 1.29 is 19.5 Å². The lowest BCUT2D eigenvalue weighted by molar-refractivity contribution is -0.137. The SMILES string of the molecule is Cc1cc(CC(=O)Nc2cccc(C(C)CC(=O)O)c2)ccc1NC(=O)N1CCc2ccccc21. The van der Waals surface area contributed by atoms with Gasteiger partial charge in [0.25, 0.3) is 0 Å². The van der Waals surface area contributed by atoms with Gasteiger partial charge in [-0.15, -0.1) is 0 Å². The molecular weight excluding hydrogens is 442 g/mol. The summed E-state index contributed by atoms with van der Waals surface area (Å²) in [6.45, 7) is 4.40. The second kappa shape index (κ2) is 10.4. The molecule has 0 aromatic heterocycles. The Bertz CT molecular complexity index is 1270. The second-order valence-corrected chi connectivity index (χ2v) is 8.96. The normalized spacial score (nSPS) is 13.1. The zero-order chi connectivity index (χ0) is 24.9. The van der Waals surface area contributed by atoms with Crippen molar-refractivity contribution in [1.82, 2.24) is 0 Å². The molecule has 35 heavy (non-hydrogen) atoms. The second-order valence-electron chi connectivity index (χ2n) is 8.96. The van der Waals surface area contributed by atoms with E-state index in [0.29, 0.717) is 17.9 Å². The highest BCUT2D eigenvalue weighted by atomic mass is 16.4. The number of amides is 3. The maximum Gasteiger partial charge on any atom is 0.326 e. The third-order valence-corrected chi connectivity index (χ3v) is 6.25. The predicted octanol–water partition coefficient (Wildman–Crippen LogP) is 5.35. The molecule has 0 aliphatic carbocycles. The minimum atomic E-state index is -0.854. The van der Waals surface area contributed by atoms with Gasteiger partial charge in [-0.3, -0.25) is 14.5 Å². The first-order valence-corrected chi connectivity index (χ1v) is 11.7. The van der Waals surface area contributed by atoms with Gasteiger partial charge >= 0.3 is 12.0 Å². The standard InChI is InChI=1S/C28H29N3O4/c1-18(15-27(33)34)22-7-5-8-23(17-22)29-26(32)16-20-10-11-24(19(2)14-20)30-28(35)31-13-12-21-6-3-4-9-25(21)31/h3-11,14,17-18H,12-13,15-16H2,1-2H3,(H,29,32)(H,30,35)(H,33,34). The molecule has 7 nitrogen and oxygen atoms in total. The molecule has 1 unspecified atom stereocenters. The number of fused-ring (bicyclic) bond motifs is 1. The first-order chi connectivity index (χ1) is 16.8. The van der Waals surface area contributed by atoms with Crippen LogP contribution in [-0.2, 0) is 22.4 Å². The summed E-state index contributed by atoms with van der Waals surface area (Å²) in [5.41, 5.74) is 6.03. The summed E-state index contributed by atoms with van der Waals surface area (Å²) in [6, 6.07) is 20.6. The lowest BCUT2D eigenvalue weighted by atomic mass is 9.97. The summed E-state index contributed by atoms with van der Waals surface area (Å²) < 4.78 is 0. The van der Waals surface area contributed by atoms with Crippen LogP contribution in [0.3, 0.4) is 0 Å². The van der Waals surface area contributed by atoms with Gasteiger partial charge in [0.05, 0.1) is 12.8 Å². The van der Waals surface area contributed by atoms with Crippen molar-refractivity contribution in [1.29, 1.82) is 0 Å². The van der Waals surface area contributed by atoms with Crippen molar-refractivity contribution >= 4 is 35.0 Å². The molecular formula is C28H29N3O4. The van der Waals surface area contributed by atoms with Crippen LogP contribution in [0, 0.1) is 6.92 Å². The van der Waals surface area contributed by atoms with E-state index in [2.05, 4.69) is 10.6 Å². The first kappa shape index (κ1) is 24.0. The van der Waals surface area contributed by atoms with Crippen molar-refractivity contribution in [2.75, 3.05) is 22.1 Å². The molecule has 1 aliphatic rings. The molecule has 3 aromatic carbocycles. The van der Waals surface area contributed by atoms with Crippen molar-refractivity contribution in [3.05, 3.63) is 89.0 Å². The minimum Gasteiger partial charge on any atom is -0.481 e. The van der Waals surface area contributed by atoms with Gasteiger partial charge in [0.2, 0.25) is 5.91 Å². The molecule has 0 saturated carbocycles. The summed E-state index contributed by atoms with van der Waals surface area (Å²) in [4.78, 5) is 38.2. The van der Waals surface area contributed by atoms with Crippen LogP contribution in [0.15, 0.2) is 66.7 Å². The van der Waals surface area contributed by atoms with Crippen LogP contribution in [0.1, 0.15) is 41.5 Å². The van der Waals surface area contributed by atoms with E-state index >= 15 is 0 Å². The van der Waals surface area contributed by atoms with Crippen LogP contribution in [0.25, 0.3) is 0 Å². The van der Waals surface area contributed by atoms with Gasteiger partial charge in [0, 0.05) is 23.6 Å². The van der Waals surface area contributed by atoms with Crippen LogP contribution in [0.5, 0.6) is 0 Å². The molecule has 1 heterocycles. The lowest BCUT2D eigenvalue weighted by Gasteiger charge is -2.19. The van der Waals surface area contributed by atoms with Crippen molar-refractivity contribution in [3.63, 3.8) is 0 Å². The zero-order valence-electron chi connectivity index (χ0n) is 19.9. The number of carboxylic acid groups (broad SMARTS) is 1. The number of aryl methyl sites for hydroxylation is 1. The maximum absolute atomic E-state index is 12.8. The van der Waals surface area contributed by atoms with Crippen LogP contribution in [0.2, 0.25) is 0 Å². The number of hydrogen-bond donors (Lipinski definition) is 3. The molecule has 1 atom stereocenters. The average Bonchev–Trinajstić information content (AvgIpc) is 3.25. The van der Waals surface area contributed by atoms with Gasteiger partial charge in [-0.1, -0.05) is 49.4 Å². The smallest absolute Gasteiger partial charge is 0.326 e. The zero-order valence-corrected chi connectivity index (χ0v) is 19.9. The molecule has 4 rings (SSSR count). The Hall–Kier alpha value is -4.13. The largest absolute Gasteiger partial charge is 0.481 e. The first-order valence-electron chi connectivity index (χ1n) is 11.7. The van der Waals surface area contributed by atoms with E-state index in [-0.39, 0.29) is 30.7 Å². The molecule has 180 valence electrons. The fraction of sp³-hybridized carbons (Fsp3) is 0.250. The van der Waals surface area contributed by atoms with E-state index in [4.69, 9.17) is 5.11 Å². The third-order valence-electron chi connectivity index (χ3n) is 6.25. The molecule has 7 heteroatoms. The number of urea groups is 1. The highest BCUT2D eigenvalue weighted by Crippen LogP contribution is 2.28. The van der Waals surface area contributed by atoms with Gasteiger partial charge in [0.15, 0.2) is 0 Å². The number of carboxylic acids is 1. The van der Waals surface area contributed by atoms with Crippen LogP contribution in [0.4, 0.5) is 21.9 Å². The van der Waals surface area contributed by atoms with Crippen LogP contribution < -0.4 is 15.5 Å². The summed E-state index contributed by atoms with van der Waals surface area (Å²) in [5.74, 6) is -1.17. The topological polar surface area (TPSA) is 98.7 Å². The van der Waals surface area contributed by atoms with Gasteiger partial charge in [-0.05, 0) is 65.8 Å². The van der Waals surface area contributed by atoms with E-state index in [1.165, 1.54) is 5.56 Å². The highest BCUT2D eigenvalue weighted by molar-refractivity contribution is 6.03. The number of hydrogen-bond acceptors (Lipinski definition) is 3. The average molecular weight is 472 g/mol. The molecule has 3 amide bonds. The summed E-state index contributed by atoms with van der Waals surface area (Å²) >= 11 is 0. The van der Waals surface area contributed by atoms with Gasteiger partial charge in [-0.25, -0.2) is 4.79 Å². The fourth-order valence-electron chi connectivity index (χ4n) is 4.40. The van der Waals surface area contributed by atoms with E-state index in [9.17, 15) is 14.4 Å². The van der Waals surface area contributed by atoms with E-state index < -0.39 is 5.97 Å². The van der Waals surface area contributed by atoms with Crippen LogP contribution >= 0.6 is 0 Å². The number of anilines is 3. The minimum absolute atomic E-state index is 0.0316. The molecule has 1 aliphatic heterocycles. The Balaban J connectivity index is 1.36. The number of rotatable bonds is 7. The van der Waals surface area contributed by atoms with E-state index in [1.54, 1.807) is 11.0 Å². The van der Waals surface area contributed by atoms with Crippen molar-refractivity contribution in [2.45, 2.75) is 39.0 Å². The number of para-hydroxylation sites is 1. The molecule has 0 bridgehead atoms. The molecule has 3 N–H and O–H groups in total. The Morgan fingerprint density at radius 3 is 2.57 bits per heavy atom. The van der Waals surface area contributed by atoms with Gasteiger partial charge < -0.3 is 15.7 Å². The Morgan fingerprint density at radius 2 is 1.80 bits per heavy atom. The van der Waals surface area contributed by atoms with Gasteiger partial charge in [0.1, 0.15) is 0 Å². The Morgan fingerprint density at radius 1 is 1.00 bits per heavy atom. The molecule has 3 aromatic rings. The molecule has 0 saturated heterocycles.